The molecule has 1 amide bonds. The van der Waals surface area contributed by atoms with Crippen LogP contribution >= 0.6 is 0 Å². The van der Waals surface area contributed by atoms with Crippen molar-refractivity contribution in [1.29, 1.82) is 0 Å². The summed E-state index contributed by atoms with van der Waals surface area (Å²) in [6.07, 6.45) is 3.49. The summed E-state index contributed by atoms with van der Waals surface area (Å²) in [6.45, 7) is 6.61. The highest BCUT2D eigenvalue weighted by Crippen LogP contribution is 2.19. The van der Waals surface area contributed by atoms with E-state index in [9.17, 15) is 4.79 Å². The number of rotatable bonds is 5. The van der Waals surface area contributed by atoms with Gasteiger partial charge >= 0.3 is 0 Å². The van der Waals surface area contributed by atoms with Gasteiger partial charge in [0.15, 0.2) is 0 Å². The molecule has 0 unspecified atom stereocenters. The molecule has 3 aromatic rings. The van der Waals surface area contributed by atoms with Gasteiger partial charge in [-0.3, -0.25) is 4.79 Å². The molecular weight excluding hydrogens is 334 g/mol. The molecule has 0 bridgehead atoms. The Bertz CT molecular complexity index is 971. The lowest BCUT2D eigenvalue weighted by Gasteiger charge is -2.15. The summed E-state index contributed by atoms with van der Waals surface area (Å²) in [5.74, 6) is -0.0252. The number of nitrogens with zero attached hydrogens (tertiary/aromatic N) is 3. The molecule has 0 saturated heterocycles. The Morgan fingerprint density at radius 1 is 1.07 bits per heavy atom. The second-order valence-corrected chi connectivity index (χ2v) is 6.84. The normalized spacial score (nSPS) is 11.1. The molecule has 138 valence electrons. The number of aryl methyl sites for hydroxylation is 2. The molecular formula is C23H25N3O. The fourth-order valence-electron chi connectivity index (χ4n) is 3.11. The predicted octanol–water partition coefficient (Wildman–Crippen LogP) is 4.47. The highest BCUT2D eigenvalue weighted by molar-refractivity contribution is 5.91. The van der Waals surface area contributed by atoms with Crippen molar-refractivity contribution >= 4 is 12.0 Å². The topological polar surface area (TPSA) is 38.1 Å². The minimum absolute atomic E-state index is 0.0252. The first-order valence-corrected chi connectivity index (χ1v) is 9.06. The van der Waals surface area contributed by atoms with Crippen molar-refractivity contribution in [2.24, 2.45) is 0 Å². The minimum atomic E-state index is -0.0252. The van der Waals surface area contributed by atoms with Crippen LogP contribution in [-0.2, 0) is 11.3 Å². The second kappa shape index (κ2) is 8.04. The van der Waals surface area contributed by atoms with Crippen molar-refractivity contribution in [3.05, 3.63) is 88.8 Å². The van der Waals surface area contributed by atoms with Gasteiger partial charge in [-0.05, 0) is 44.5 Å². The number of amides is 1. The molecule has 0 atom stereocenters. The van der Waals surface area contributed by atoms with E-state index in [1.807, 2.05) is 87.1 Å². The lowest BCUT2D eigenvalue weighted by molar-refractivity contribution is -0.125. The van der Waals surface area contributed by atoms with E-state index in [-0.39, 0.29) is 5.91 Å². The molecule has 4 nitrogen and oxygen atoms in total. The van der Waals surface area contributed by atoms with E-state index in [1.54, 1.807) is 11.0 Å². The van der Waals surface area contributed by atoms with Gasteiger partial charge in [0, 0.05) is 30.9 Å². The summed E-state index contributed by atoms with van der Waals surface area (Å²) in [5.41, 5.74) is 6.31. The fourth-order valence-corrected chi connectivity index (χ4v) is 3.11. The van der Waals surface area contributed by atoms with Crippen LogP contribution in [0.25, 0.3) is 11.8 Å². The Labute approximate surface area is 160 Å². The van der Waals surface area contributed by atoms with Crippen LogP contribution in [0.1, 0.15) is 28.1 Å². The van der Waals surface area contributed by atoms with E-state index < -0.39 is 0 Å². The molecule has 4 heteroatoms. The molecule has 0 fully saturated rings. The Balaban J connectivity index is 1.75. The third kappa shape index (κ3) is 4.34. The average molecular weight is 359 g/mol. The average Bonchev–Trinajstić information content (AvgIpc) is 2.95. The highest BCUT2D eigenvalue weighted by Gasteiger charge is 2.16. The number of carbonyl (C=O) groups is 1. The van der Waals surface area contributed by atoms with Crippen LogP contribution in [0.2, 0.25) is 0 Å². The Hall–Kier alpha value is -3.14. The maximum atomic E-state index is 12.5. The molecule has 0 N–H and O–H groups in total. The first kappa shape index (κ1) is 18.6. The summed E-state index contributed by atoms with van der Waals surface area (Å²) in [4.78, 5) is 14.2. The minimum Gasteiger partial charge on any atom is -0.338 e. The Kier molecular flexibility index (Phi) is 5.55. The van der Waals surface area contributed by atoms with Crippen LogP contribution in [0.4, 0.5) is 0 Å². The zero-order valence-corrected chi connectivity index (χ0v) is 16.3. The maximum absolute atomic E-state index is 12.5. The number of carbonyl (C=O) groups excluding carboxylic acids is 1. The van der Waals surface area contributed by atoms with Crippen molar-refractivity contribution in [2.75, 3.05) is 7.05 Å². The van der Waals surface area contributed by atoms with Crippen LogP contribution < -0.4 is 0 Å². The van der Waals surface area contributed by atoms with Crippen LogP contribution in [0.3, 0.4) is 0 Å². The molecule has 0 spiro atoms. The van der Waals surface area contributed by atoms with Gasteiger partial charge in [-0.2, -0.15) is 5.10 Å². The van der Waals surface area contributed by atoms with Crippen molar-refractivity contribution in [2.45, 2.75) is 27.3 Å². The molecule has 0 aliphatic carbocycles. The summed E-state index contributed by atoms with van der Waals surface area (Å²) in [6, 6.07) is 18.1. The summed E-state index contributed by atoms with van der Waals surface area (Å²) < 4.78 is 1.94. The van der Waals surface area contributed by atoms with Gasteiger partial charge in [-0.25, -0.2) is 4.68 Å². The lowest BCUT2D eigenvalue weighted by atomic mass is 10.1. The predicted molar refractivity (Wildman–Crippen MR) is 110 cm³/mol. The van der Waals surface area contributed by atoms with E-state index in [4.69, 9.17) is 0 Å². The first-order valence-electron chi connectivity index (χ1n) is 9.06. The number of likely N-dealkylation sites (N-methyl/N-ethyl adjacent to an activating group) is 1. The molecule has 0 saturated carbocycles. The summed E-state index contributed by atoms with van der Waals surface area (Å²) in [5, 5.41) is 4.66. The summed E-state index contributed by atoms with van der Waals surface area (Å²) in [7, 11) is 1.82. The van der Waals surface area contributed by atoms with Crippen LogP contribution in [0.5, 0.6) is 0 Å². The van der Waals surface area contributed by atoms with Crippen molar-refractivity contribution in [3.63, 3.8) is 0 Å². The number of benzene rings is 2. The molecule has 0 radical (unpaired) electrons. The Morgan fingerprint density at radius 2 is 1.81 bits per heavy atom. The molecule has 27 heavy (non-hydrogen) atoms. The number of aromatic nitrogens is 2. The van der Waals surface area contributed by atoms with Gasteiger partial charge in [0.05, 0.1) is 11.4 Å². The molecule has 0 aliphatic heterocycles. The quantitative estimate of drug-likeness (QED) is 0.631. The van der Waals surface area contributed by atoms with E-state index >= 15 is 0 Å². The molecule has 0 aliphatic rings. The largest absolute Gasteiger partial charge is 0.338 e. The van der Waals surface area contributed by atoms with Crippen molar-refractivity contribution in [3.8, 4) is 5.69 Å². The molecule has 1 aromatic heterocycles. The van der Waals surface area contributed by atoms with Gasteiger partial charge in [-0.15, -0.1) is 0 Å². The standard InChI is InChI=1S/C23H25N3O/c1-17-9-8-10-20(15-17)13-14-23(27)25(4)16-22-18(2)24-26(19(22)3)21-11-6-5-7-12-21/h5-15H,16H2,1-4H3. The zero-order valence-electron chi connectivity index (χ0n) is 16.3. The molecule has 3 rings (SSSR count). The fraction of sp³-hybridized carbons (Fsp3) is 0.217. The lowest BCUT2D eigenvalue weighted by Crippen LogP contribution is -2.24. The molecule has 2 aromatic carbocycles. The monoisotopic (exact) mass is 359 g/mol. The van der Waals surface area contributed by atoms with E-state index in [0.29, 0.717) is 6.54 Å². The van der Waals surface area contributed by atoms with Crippen LogP contribution in [-0.4, -0.2) is 27.6 Å². The number of hydrogen-bond donors (Lipinski definition) is 0. The number of hydrogen-bond acceptors (Lipinski definition) is 2. The van der Waals surface area contributed by atoms with E-state index in [1.165, 1.54) is 5.56 Å². The SMILES string of the molecule is Cc1cccc(C=CC(=O)N(C)Cc2c(C)nn(-c3ccccc3)c2C)c1. The van der Waals surface area contributed by atoms with Crippen molar-refractivity contribution < 1.29 is 4.79 Å². The van der Waals surface area contributed by atoms with Gasteiger partial charge in [0.1, 0.15) is 0 Å². The van der Waals surface area contributed by atoms with Crippen molar-refractivity contribution in [1.82, 2.24) is 14.7 Å². The molecule has 1 heterocycles. The van der Waals surface area contributed by atoms with E-state index in [0.717, 1.165) is 28.2 Å². The zero-order chi connectivity index (χ0) is 19.4. The third-order valence-corrected chi connectivity index (χ3v) is 4.67. The number of para-hydroxylation sites is 1. The maximum Gasteiger partial charge on any atom is 0.246 e. The Morgan fingerprint density at radius 3 is 2.52 bits per heavy atom. The van der Waals surface area contributed by atoms with Gasteiger partial charge < -0.3 is 4.90 Å². The summed E-state index contributed by atoms with van der Waals surface area (Å²) >= 11 is 0. The van der Waals surface area contributed by atoms with E-state index in [2.05, 4.69) is 11.2 Å². The first-order chi connectivity index (χ1) is 13.0. The van der Waals surface area contributed by atoms with Gasteiger partial charge in [-0.1, -0.05) is 48.0 Å². The highest BCUT2D eigenvalue weighted by atomic mass is 16.2. The van der Waals surface area contributed by atoms with Crippen LogP contribution in [0.15, 0.2) is 60.7 Å². The van der Waals surface area contributed by atoms with Gasteiger partial charge in [0.2, 0.25) is 5.91 Å². The smallest absolute Gasteiger partial charge is 0.246 e. The second-order valence-electron chi connectivity index (χ2n) is 6.84. The third-order valence-electron chi connectivity index (χ3n) is 4.67. The van der Waals surface area contributed by atoms with Crippen LogP contribution in [0, 0.1) is 20.8 Å². The van der Waals surface area contributed by atoms with Gasteiger partial charge in [0.25, 0.3) is 0 Å².